The van der Waals surface area contributed by atoms with Gasteiger partial charge in [0, 0.05) is 40.4 Å². The summed E-state index contributed by atoms with van der Waals surface area (Å²) >= 11 is 0. The second kappa shape index (κ2) is 3.85. The summed E-state index contributed by atoms with van der Waals surface area (Å²) in [5, 5.41) is 8.38. The van der Waals surface area contributed by atoms with E-state index in [1.54, 1.807) is 15.6 Å². The molecule has 0 atom stereocenters. The third kappa shape index (κ3) is 2.05. The summed E-state index contributed by atoms with van der Waals surface area (Å²) in [6, 6.07) is 4.93. The molecular formula is C8H9IrN4-. The first-order chi connectivity index (χ1) is 5.75. The third-order valence-corrected chi connectivity index (χ3v) is 1.60. The largest absolute Gasteiger partial charge is 0.297 e. The molecule has 0 bridgehead atoms. The molecule has 13 heavy (non-hydrogen) atoms. The number of nitrogens with zero attached hydrogens (tertiary/aromatic N) is 4. The van der Waals surface area contributed by atoms with E-state index in [9.17, 15) is 0 Å². The van der Waals surface area contributed by atoms with Crippen LogP contribution in [0, 0.1) is 6.07 Å². The average Bonchev–Trinajstić information content (AvgIpc) is 2.58. The number of aryl methyl sites for hydroxylation is 2. The summed E-state index contributed by atoms with van der Waals surface area (Å²) in [6.45, 7) is 0. The van der Waals surface area contributed by atoms with E-state index in [0.717, 1.165) is 11.4 Å². The van der Waals surface area contributed by atoms with E-state index < -0.39 is 0 Å². The molecule has 0 aliphatic heterocycles. The van der Waals surface area contributed by atoms with E-state index in [0.29, 0.717) is 0 Å². The van der Waals surface area contributed by atoms with Gasteiger partial charge < -0.3 is 0 Å². The second-order valence-electron chi connectivity index (χ2n) is 2.67. The number of rotatable bonds is 1. The summed E-state index contributed by atoms with van der Waals surface area (Å²) in [5.41, 5.74) is 1.65. The van der Waals surface area contributed by atoms with E-state index in [2.05, 4.69) is 16.3 Å². The minimum atomic E-state index is 0. The Labute approximate surface area is 89.9 Å². The zero-order valence-corrected chi connectivity index (χ0v) is 9.75. The van der Waals surface area contributed by atoms with Gasteiger partial charge in [0.25, 0.3) is 0 Å². The quantitative estimate of drug-likeness (QED) is 0.705. The van der Waals surface area contributed by atoms with Crippen LogP contribution in [-0.2, 0) is 34.2 Å². The van der Waals surface area contributed by atoms with Crippen molar-refractivity contribution in [3.63, 3.8) is 0 Å². The van der Waals surface area contributed by atoms with Gasteiger partial charge in [-0.2, -0.15) is 0 Å². The molecule has 2 aromatic heterocycles. The normalized spacial score (nSPS) is 9.69. The summed E-state index contributed by atoms with van der Waals surface area (Å²) in [5.74, 6) is 0. The fourth-order valence-electron chi connectivity index (χ4n) is 1.04. The Balaban J connectivity index is 0.000000845. The van der Waals surface area contributed by atoms with Crippen LogP contribution in [0.25, 0.3) is 11.4 Å². The van der Waals surface area contributed by atoms with Crippen molar-refractivity contribution in [2.75, 3.05) is 0 Å². The summed E-state index contributed by atoms with van der Waals surface area (Å²) < 4.78 is 3.46. The molecule has 0 amide bonds. The van der Waals surface area contributed by atoms with Crippen LogP contribution in [-0.4, -0.2) is 19.6 Å². The second-order valence-corrected chi connectivity index (χ2v) is 2.67. The van der Waals surface area contributed by atoms with Crippen LogP contribution in [0.15, 0.2) is 18.5 Å². The maximum atomic E-state index is 4.20. The summed E-state index contributed by atoms with van der Waals surface area (Å²) in [6.07, 6.45) is 3.67. The average molecular weight is 353 g/mol. The van der Waals surface area contributed by atoms with E-state index in [1.807, 2.05) is 26.4 Å². The Bertz CT molecular complexity index is 352. The Morgan fingerprint density at radius 3 is 2.46 bits per heavy atom. The van der Waals surface area contributed by atoms with E-state index in [1.165, 1.54) is 0 Å². The molecule has 0 spiro atoms. The van der Waals surface area contributed by atoms with Gasteiger partial charge in [0.2, 0.25) is 0 Å². The monoisotopic (exact) mass is 354 g/mol. The molecule has 0 saturated heterocycles. The summed E-state index contributed by atoms with van der Waals surface area (Å²) in [4.78, 5) is 0. The molecule has 2 aromatic rings. The molecule has 2 heterocycles. The van der Waals surface area contributed by atoms with Crippen molar-refractivity contribution >= 4 is 0 Å². The standard InChI is InChI=1S/C8H9N4.Ir/c1-11-5-3-7(9-11)8-4-6-12(2)10-8;/h3,5-6H,1-2H3;/q-1;. The smallest absolute Gasteiger partial charge is 0.0279 e. The van der Waals surface area contributed by atoms with Crippen molar-refractivity contribution in [3.05, 3.63) is 24.5 Å². The van der Waals surface area contributed by atoms with Crippen LogP contribution < -0.4 is 0 Å². The molecular weight excluding hydrogens is 344 g/mol. The van der Waals surface area contributed by atoms with Gasteiger partial charge >= 0.3 is 0 Å². The first-order valence-electron chi connectivity index (χ1n) is 3.67. The molecule has 5 heteroatoms. The molecule has 0 aromatic carbocycles. The van der Waals surface area contributed by atoms with Gasteiger partial charge in [-0.15, -0.1) is 0 Å². The molecule has 1 radical (unpaired) electrons. The zero-order chi connectivity index (χ0) is 8.55. The van der Waals surface area contributed by atoms with Crippen molar-refractivity contribution in [1.82, 2.24) is 19.6 Å². The Kier molecular flexibility index (Phi) is 3.01. The van der Waals surface area contributed by atoms with Crippen molar-refractivity contribution in [3.8, 4) is 11.4 Å². The maximum absolute atomic E-state index is 4.20. The van der Waals surface area contributed by atoms with E-state index in [4.69, 9.17) is 0 Å². The van der Waals surface area contributed by atoms with Crippen LogP contribution in [0.1, 0.15) is 0 Å². The molecule has 4 nitrogen and oxygen atoms in total. The van der Waals surface area contributed by atoms with Crippen molar-refractivity contribution in [2.24, 2.45) is 14.1 Å². The van der Waals surface area contributed by atoms with Crippen LogP contribution >= 0.6 is 0 Å². The van der Waals surface area contributed by atoms with Gasteiger partial charge in [0.05, 0.1) is 0 Å². The molecule has 2 rings (SSSR count). The molecule has 0 fully saturated rings. The minimum Gasteiger partial charge on any atom is -0.297 e. The molecule has 0 N–H and O–H groups in total. The number of hydrogen-bond donors (Lipinski definition) is 0. The summed E-state index contributed by atoms with van der Waals surface area (Å²) in [7, 11) is 3.75. The Morgan fingerprint density at radius 2 is 2.00 bits per heavy atom. The topological polar surface area (TPSA) is 35.6 Å². The van der Waals surface area contributed by atoms with E-state index in [-0.39, 0.29) is 20.1 Å². The predicted octanol–water partition coefficient (Wildman–Crippen LogP) is 0.618. The van der Waals surface area contributed by atoms with Crippen LogP contribution in [0.3, 0.4) is 0 Å². The van der Waals surface area contributed by atoms with Crippen molar-refractivity contribution in [2.45, 2.75) is 0 Å². The van der Waals surface area contributed by atoms with Crippen LogP contribution in [0.2, 0.25) is 0 Å². The van der Waals surface area contributed by atoms with Gasteiger partial charge in [-0.3, -0.25) is 14.5 Å². The first kappa shape index (κ1) is 10.2. The number of aromatic nitrogens is 4. The van der Waals surface area contributed by atoms with Gasteiger partial charge in [-0.05, 0) is 5.69 Å². The van der Waals surface area contributed by atoms with Crippen LogP contribution in [0.5, 0.6) is 0 Å². The van der Waals surface area contributed by atoms with Crippen molar-refractivity contribution in [1.29, 1.82) is 0 Å². The fraction of sp³-hybridized carbons (Fsp3) is 0.250. The van der Waals surface area contributed by atoms with Crippen LogP contribution in [0.4, 0.5) is 0 Å². The van der Waals surface area contributed by atoms with Gasteiger partial charge in [-0.1, -0.05) is 18.0 Å². The number of hydrogen-bond acceptors (Lipinski definition) is 2. The Hall–Kier alpha value is -0.931. The minimum absolute atomic E-state index is 0. The molecule has 0 aliphatic rings. The predicted molar refractivity (Wildman–Crippen MR) is 44.2 cm³/mol. The van der Waals surface area contributed by atoms with E-state index >= 15 is 0 Å². The third-order valence-electron chi connectivity index (χ3n) is 1.60. The Morgan fingerprint density at radius 1 is 1.23 bits per heavy atom. The molecule has 0 saturated carbocycles. The molecule has 71 valence electrons. The SMILES string of the molecule is Cn1c[c-]c(-c2ccn(C)n2)n1.[Ir]. The van der Waals surface area contributed by atoms with Gasteiger partial charge in [-0.25, -0.2) is 11.2 Å². The molecule has 0 unspecified atom stereocenters. The van der Waals surface area contributed by atoms with Gasteiger partial charge in [0.15, 0.2) is 0 Å². The van der Waals surface area contributed by atoms with Crippen molar-refractivity contribution < 1.29 is 20.1 Å². The van der Waals surface area contributed by atoms with Gasteiger partial charge in [0.1, 0.15) is 0 Å². The maximum Gasteiger partial charge on any atom is 0.0279 e. The molecule has 0 aliphatic carbocycles. The first-order valence-corrected chi connectivity index (χ1v) is 3.67. The fourth-order valence-corrected chi connectivity index (χ4v) is 1.04. The zero-order valence-electron chi connectivity index (χ0n) is 7.35.